The Morgan fingerprint density at radius 3 is 2.17 bits per heavy atom. The topological polar surface area (TPSA) is 18.5 Å². The summed E-state index contributed by atoms with van der Waals surface area (Å²) in [7, 11) is -1.66. The molecule has 0 aliphatic heterocycles. The van der Waals surface area contributed by atoms with Crippen molar-refractivity contribution >= 4 is 8.32 Å². The highest BCUT2D eigenvalue weighted by atomic mass is 28.4. The molecule has 3 heteroatoms. The number of benzene rings is 2. The fraction of sp³-hybridized carbons (Fsp3) is 0.429. The van der Waals surface area contributed by atoms with E-state index in [2.05, 4.69) is 88.1 Å². The van der Waals surface area contributed by atoms with Gasteiger partial charge in [0.1, 0.15) is 6.29 Å². The molecular weight excluding hydrogens is 312 g/mol. The van der Waals surface area contributed by atoms with Gasteiger partial charge in [0.25, 0.3) is 0 Å². The number of hydrogen-bond acceptors (Lipinski definition) is 2. The Bertz CT molecular complexity index is 619. The van der Waals surface area contributed by atoms with Crippen LogP contribution in [0.2, 0.25) is 19.6 Å². The summed E-state index contributed by atoms with van der Waals surface area (Å²) in [6, 6.07) is 19.0. The molecule has 130 valence electrons. The van der Waals surface area contributed by atoms with E-state index in [1.54, 1.807) is 0 Å². The molecule has 0 saturated heterocycles. The summed E-state index contributed by atoms with van der Waals surface area (Å²) >= 11 is 0. The number of aryl methyl sites for hydroxylation is 2. The molecule has 2 aromatic rings. The molecule has 2 rings (SSSR count). The van der Waals surface area contributed by atoms with Gasteiger partial charge in [-0.1, -0.05) is 54.6 Å². The normalized spacial score (nSPS) is 14.4. The van der Waals surface area contributed by atoms with E-state index in [-0.39, 0.29) is 12.4 Å². The Labute approximate surface area is 148 Å². The molecule has 0 aliphatic rings. The van der Waals surface area contributed by atoms with Gasteiger partial charge in [0.05, 0.1) is 6.10 Å². The van der Waals surface area contributed by atoms with Gasteiger partial charge in [-0.3, -0.25) is 0 Å². The molecule has 0 fully saturated rings. The lowest BCUT2D eigenvalue weighted by molar-refractivity contribution is -0.123. The van der Waals surface area contributed by atoms with Crippen LogP contribution in [0.4, 0.5) is 0 Å². The van der Waals surface area contributed by atoms with Crippen LogP contribution in [0.3, 0.4) is 0 Å². The van der Waals surface area contributed by atoms with Crippen LogP contribution in [0.1, 0.15) is 36.1 Å². The van der Waals surface area contributed by atoms with Gasteiger partial charge in [0.15, 0.2) is 8.32 Å². The Balaban J connectivity index is 2.04. The molecule has 0 spiro atoms. The second-order valence-corrected chi connectivity index (χ2v) is 11.8. The van der Waals surface area contributed by atoms with Gasteiger partial charge >= 0.3 is 0 Å². The summed E-state index contributed by atoms with van der Waals surface area (Å²) in [6.45, 7) is 10.9. The van der Waals surface area contributed by atoms with E-state index in [9.17, 15) is 0 Å². The van der Waals surface area contributed by atoms with Crippen LogP contribution in [0.15, 0.2) is 54.6 Å². The van der Waals surface area contributed by atoms with Gasteiger partial charge in [-0.2, -0.15) is 0 Å². The van der Waals surface area contributed by atoms with E-state index in [1.165, 1.54) is 16.7 Å². The van der Waals surface area contributed by atoms with E-state index in [4.69, 9.17) is 9.16 Å². The van der Waals surface area contributed by atoms with Crippen LogP contribution in [-0.2, 0) is 15.6 Å². The molecule has 0 bridgehead atoms. The first kappa shape index (κ1) is 18.9. The highest BCUT2D eigenvalue weighted by molar-refractivity contribution is 6.69. The zero-order valence-electron chi connectivity index (χ0n) is 15.6. The molecule has 2 atom stereocenters. The molecule has 1 unspecified atom stereocenters. The van der Waals surface area contributed by atoms with Crippen molar-refractivity contribution in [2.24, 2.45) is 0 Å². The summed E-state index contributed by atoms with van der Waals surface area (Å²) in [5.41, 5.74) is 3.83. The second-order valence-electron chi connectivity index (χ2n) is 7.32. The number of rotatable bonds is 8. The van der Waals surface area contributed by atoms with E-state index in [1.807, 2.05) is 0 Å². The van der Waals surface area contributed by atoms with Gasteiger partial charge in [-0.25, -0.2) is 0 Å². The van der Waals surface area contributed by atoms with Gasteiger partial charge < -0.3 is 9.16 Å². The summed E-state index contributed by atoms with van der Waals surface area (Å²) in [6.07, 6.45) is 1.72. The minimum Gasteiger partial charge on any atom is -0.393 e. The zero-order chi connectivity index (χ0) is 17.6. The number of ether oxygens (including phenoxy) is 1. The molecule has 24 heavy (non-hydrogen) atoms. The van der Waals surface area contributed by atoms with Crippen molar-refractivity contribution < 1.29 is 9.16 Å². The first-order valence-electron chi connectivity index (χ1n) is 8.78. The van der Waals surface area contributed by atoms with Gasteiger partial charge in [0.2, 0.25) is 0 Å². The molecule has 0 aromatic heterocycles. The summed E-state index contributed by atoms with van der Waals surface area (Å²) in [4.78, 5) is 0. The van der Waals surface area contributed by atoms with Crippen molar-refractivity contribution in [2.45, 2.75) is 58.7 Å². The molecule has 0 N–H and O–H groups in total. The quantitative estimate of drug-likeness (QED) is 0.440. The van der Waals surface area contributed by atoms with Crippen LogP contribution in [0.5, 0.6) is 0 Å². The van der Waals surface area contributed by atoms with E-state index < -0.39 is 8.32 Å². The fourth-order valence-corrected chi connectivity index (χ4v) is 3.78. The lowest BCUT2D eigenvalue weighted by Gasteiger charge is -2.29. The van der Waals surface area contributed by atoms with Crippen molar-refractivity contribution in [3.05, 3.63) is 71.3 Å². The monoisotopic (exact) mass is 342 g/mol. The average Bonchev–Trinajstić information content (AvgIpc) is 2.52. The maximum Gasteiger partial charge on any atom is 0.187 e. The average molecular weight is 343 g/mol. The van der Waals surface area contributed by atoms with Crippen molar-refractivity contribution in [2.75, 3.05) is 0 Å². The maximum atomic E-state index is 6.33. The minimum absolute atomic E-state index is 0.0309. The predicted octanol–water partition coefficient (Wildman–Crippen LogP) is 5.88. The Morgan fingerprint density at radius 2 is 1.54 bits per heavy atom. The minimum atomic E-state index is -1.66. The zero-order valence-corrected chi connectivity index (χ0v) is 16.6. The Morgan fingerprint density at radius 1 is 0.917 bits per heavy atom. The molecule has 0 heterocycles. The fourth-order valence-electron chi connectivity index (χ4n) is 2.82. The molecule has 0 radical (unpaired) electrons. The molecular formula is C21H30O2Si. The maximum absolute atomic E-state index is 6.33. The van der Waals surface area contributed by atoms with E-state index in [0.29, 0.717) is 0 Å². The second kappa shape index (κ2) is 8.61. The summed E-state index contributed by atoms with van der Waals surface area (Å²) in [5, 5.41) is 0. The molecule has 0 amide bonds. The highest BCUT2D eigenvalue weighted by Crippen LogP contribution is 2.25. The van der Waals surface area contributed by atoms with Crippen LogP contribution in [-0.4, -0.2) is 14.6 Å². The predicted molar refractivity (Wildman–Crippen MR) is 104 cm³/mol. The Kier molecular flexibility index (Phi) is 6.78. The van der Waals surface area contributed by atoms with E-state index in [0.717, 1.165) is 12.8 Å². The molecule has 2 nitrogen and oxygen atoms in total. The van der Waals surface area contributed by atoms with Crippen molar-refractivity contribution in [3.63, 3.8) is 0 Å². The van der Waals surface area contributed by atoms with E-state index >= 15 is 0 Å². The Hall–Kier alpha value is -1.42. The lowest BCUT2D eigenvalue weighted by Crippen LogP contribution is -2.34. The third kappa shape index (κ3) is 6.23. The lowest BCUT2D eigenvalue weighted by atomic mass is 10.0. The van der Waals surface area contributed by atoms with Gasteiger partial charge in [-0.05, 0) is 56.6 Å². The van der Waals surface area contributed by atoms with Crippen molar-refractivity contribution in [1.82, 2.24) is 0 Å². The first-order valence-corrected chi connectivity index (χ1v) is 12.2. The third-order valence-electron chi connectivity index (χ3n) is 3.98. The summed E-state index contributed by atoms with van der Waals surface area (Å²) < 4.78 is 12.6. The SMILES string of the molecule is Cc1ccccc1[C@@H](C)OC(CCc1ccccc1)O[Si](C)(C)C. The molecule has 0 aliphatic carbocycles. The van der Waals surface area contributed by atoms with Gasteiger partial charge in [-0.15, -0.1) is 0 Å². The van der Waals surface area contributed by atoms with Crippen LogP contribution in [0, 0.1) is 6.92 Å². The summed E-state index contributed by atoms with van der Waals surface area (Å²) in [5.74, 6) is 0. The van der Waals surface area contributed by atoms with Crippen molar-refractivity contribution in [1.29, 1.82) is 0 Å². The third-order valence-corrected chi connectivity index (χ3v) is 4.95. The van der Waals surface area contributed by atoms with Crippen LogP contribution >= 0.6 is 0 Å². The standard InChI is InChI=1S/C21H30O2Si/c1-17-11-9-10-14-20(17)18(2)22-21(23-24(3,4)5)16-15-19-12-7-6-8-13-19/h6-14,18,21H,15-16H2,1-5H3/t18-,21?/m1/s1. The smallest absolute Gasteiger partial charge is 0.187 e. The van der Waals surface area contributed by atoms with Crippen molar-refractivity contribution in [3.8, 4) is 0 Å². The first-order chi connectivity index (χ1) is 11.3. The largest absolute Gasteiger partial charge is 0.393 e. The molecule has 0 saturated carbocycles. The highest BCUT2D eigenvalue weighted by Gasteiger charge is 2.24. The van der Waals surface area contributed by atoms with Gasteiger partial charge in [0, 0.05) is 6.42 Å². The van der Waals surface area contributed by atoms with Crippen LogP contribution < -0.4 is 0 Å². The van der Waals surface area contributed by atoms with Crippen LogP contribution in [0.25, 0.3) is 0 Å². The molecule has 2 aromatic carbocycles. The number of hydrogen-bond donors (Lipinski definition) is 0.